The Morgan fingerprint density at radius 3 is 2.12 bits per heavy atom. The van der Waals surface area contributed by atoms with Gasteiger partial charge in [-0.3, -0.25) is 9.59 Å². The summed E-state index contributed by atoms with van der Waals surface area (Å²) < 4.78 is 41.2. The predicted molar refractivity (Wildman–Crippen MR) is 85.2 cm³/mol. The summed E-state index contributed by atoms with van der Waals surface area (Å²) in [5, 5.41) is 0. The molecule has 1 unspecified atom stereocenters. The van der Waals surface area contributed by atoms with Crippen molar-refractivity contribution in [3.63, 3.8) is 0 Å². The number of pyridine rings is 2. The topological polar surface area (TPSA) is 44.0 Å². The molecule has 0 radical (unpaired) electrons. The minimum absolute atomic E-state index is 0.0240. The van der Waals surface area contributed by atoms with Crippen LogP contribution in [0.5, 0.6) is 0 Å². The molecule has 2 aromatic rings. The Hall–Kier alpha value is -2.31. The monoisotopic (exact) mass is 340 g/mol. The molecule has 1 atom stereocenters. The number of hydrogen-bond acceptors (Lipinski definition) is 2. The van der Waals surface area contributed by atoms with E-state index in [1.165, 1.54) is 12.3 Å². The number of hydrogen-bond donors (Lipinski definition) is 0. The van der Waals surface area contributed by atoms with Gasteiger partial charge in [-0.25, -0.2) is 0 Å². The lowest BCUT2D eigenvalue weighted by Gasteiger charge is -2.18. The van der Waals surface area contributed by atoms with E-state index in [9.17, 15) is 22.8 Å². The van der Waals surface area contributed by atoms with Crippen LogP contribution in [0.2, 0.25) is 0 Å². The van der Waals surface area contributed by atoms with E-state index in [2.05, 4.69) is 0 Å². The summed E-state index contributed by atoms with van der Waals surface area (Å²) >= 11 is 0. The van der Waals surface area contributed by atoms with Crippen molar-refractivity contribution in [1.29, 1.82) is 0 Å². The fourth-order valence-corrected chi connectivity index (χ4v) is 2.61. The summed E-state index contributed by atoms with van der Waals surface area (Å²) in [6.45, 7) is 5.35. The third kappa shape index (κ3) is 3.60. The Balaban J connectivity index is 2.39. The highest BCUT2D eigenvalue weighted by Gasteiger charge is 2.34. The minimum Gasteiger partial charge on any atom is -0.313 e. The van der Waals surface area contributed by atoms with Crippen LogP contribution in [0.25, 0.3) is 0 Å². The zero-order chi connectivity index (χ0) is 18.1. The first-order chi connectivity index (χ1) is 11.1. The number of halogens is 3. The first kappa shape index (κ1) is 18.0. The maximum atomic E-state index is 12.9. The van der Waals surface area contributed by atoms with Gasteiger partial charge < -0.3 is 9.13 Å². The lowest BCUT2D eigenvalue weighted by Crippen LogP contribution is -2.32. The average molecular weight is 340 g/mol. The molecule has 7 heteroatoms. The molecule has 24 heavy (non-hydrogen) atoms. The maximum absolute atomic E-state index is 12.9. The second kappa shape index (κ2) is 6.67. The van der Waals surface area contributed by atoms with Crippen molar-refractivity contribution in [3.8, 4) is 0 Å². The van der Waals surface area contributed by atoms with Gasteiger partial charge in [-0.2, -0.15) is 13.2 Å². The lowest BCUT2D eigenvalue weighted by atomic mass is 10.1. The Bertz CT molecular complexity index is 835. The molecule has 0 saturated carbocycles. The highest BCUT2D eigenvalue weighted by atomic mass is 19.4. The predicted octanol–water partition coefficient (Wildman–Crippen LogP) is 3.41. The van der Waals surface area contributed by atoms with Crippen LogP contribution in [0.15, 0.2) is 46.2 Å². The van der Waals surface area contributed by atoms with E-state index >= 15 is 0 Å². The summed E-state index contributed by atoms with van der Waals surface area (Å²) in [6, 6.07) is 4.71. The van der Waals surface area contributed by atoms with Crippen molar-refractivity contribution >= 4 is 0 Å². The van der Waals surface area contributed by atoms with E-state index < -0.39 is 23.3 Å². The smallest absolute Gasteiger partial charge is 0.313 e. The molecule has 0 bridgehead atoms. The molecule has 2 aromatic heterocycles. The van der Waals surface area contributed by atoms with E-state index in [1.54, 1.807) is 29.8 Å². The first-order valence-electron chi connectivity index (χ1n) is 7.61. The third-order valence-electron chi connectivity index (χ3n) is 3.88. The van der Waals surface area contributed by atoms with Crippen molar-refractivity contribution in [1.82, 2.24) is 9.13 Å². The Labute approximate surface area is 137 Å². The van der Waals surface area contributed by atoms with Crippen LogP contribution in [0.1, 0.15) is 44.0 Å². The highest BCUT2D eigenvalue weighted by molar-refractivity contribution is 5.16. The fraction of sp³-hybridized carbons (Fsp3) is 0.412. The summed E-state index contributed by atoms with van der Waals surface area (Å²) in [6.07, 6.45) is -1.55. The average Bonchev–Trinajstić information content (AvgIpc) is 2.48. The number of aromatic nitrogens is 2. The van der Waals surface area contributed by atoms with E-state index in [-0.39, 0.29) is 18.0 Å². The molecule has 0 aliphatic rings. The van der Waals surface area contributed by atoms with Gasteiger partial charge in [-0.1, -0.05) is 6.07 Å². The summed E-state index contributed by atoms with van der Waals surface area (Å²) in [5.41, 5.74) is -2.04. The van der Waals surface area contributed by atoms with Crippen molar-refractivity contribution in [2.75, 3.05) is 0 Å². The van der Waals surface area contributed by atoms with Gasteiger partial charge >= 0.3 is 6.18 Å². The maximum Gasteiger partial charge on any atom is 0.421 e. The van der Waals surface area contributed by atoms with Crippen molar-refractivity contribution in [3.05, 3.63) is 68.5 Å². The van der Waals surface area contributed by atoms with Gasteiger partial charge in [0.1, 0.15) is 5.56 Å². The molecule has 4 nitrogen and oxygen atoms in total. The molecular formula is C17H19F3N2O2. The third-order valence-corrected chi connectivity index (χ3v) is 3.88. The summed E-state index contributed by atoms with van der Waals surface area (Å²) in [4.78, 5) is 24.5. The largest absolute Gasteiger partial charge is 0.421 e. The van der Waals surface area contributed by atoms with Crippen LogP contribution in [0.3, 0.4) is 0 Å². The van der Waals surface area contributed by atoms with Crippen molar-refractivity contribution < 1.29 is 13.2 Å². The van der Waals surface area contributed by atoms with Crippen LogP contribution in [0.4, 0.5) is 13.2 Å². The number of rotatable bonds is 4. The van der Waals surface area contributed by atoms with E-state index in [0.717, 1.165) is 10.6 Å². The number of nitrogens with zero attached hydrogens (tertiary/aromatic N) is 2. The minimum atomic E-state index is -4.70. The first-order valence-corrected chi connectivity index (χ1v) is 7.61. The van der Waals surface area contributed by atoms with Crippen LogP contribution in [-0.2, 0) is 12.6 Å². The second-order valence-corrected chi connectivity index (χ2v) is 6.02. The Morgan fingerprint density at radius 1 is 0.958 bits per heavy atom. The molecule has 0 saturated heterocycles. The molecule has 0 amide bonds. The molecule has 2 rings (SSSR count). The molecular weight excluding hydrogens is 321 g/mol. The van der Waals surface area contributed by atoms with Crippen LogP contribution < -0.4 is 11.1 Å². The van der Waals surface area contributed by atoms with Crippen LogP contribution in [0, 0.1) is 0 Å². The highest BCUT2D eigenvalue weighted by Crippen LogP contribution is 2.26. The molecule has 0 N–H and O–H groups in total. The van der Waals surface area contributed by atoms with Gasteiger partial charge in [0.05, 0.1) is 0 Å². The van der Waals surface area contributed by atoms with E-state index in [1.807, 2.05) is 13.8 Å². The zero-order valence-corrected chi connectivity index (χ0v) is 13.7. The van der Waals surface area contributed by atoms with Gasteiger partial charge in [0, 0.05) is 30.0 Å². The van der Waals surface area contributed by atoms with Crippen LogP contribution >= 0.6 is 0 Å². The van der Waals surface area contributed by atoms with E-state index in [4.69, 9.17) is 0 Å². The summed E-state index contributed by atoms with van der Waals surface area (Å²) in [7, 11) is 0. The molecule has 0 aromatic carbocycles. The van der Waals surface area contributed by atoms with Gasteiger partial charge in [0.25, 0.3) is 11.1 Å². The van der Waals surface area contributed by atoms with Gasteiger partial charge in [0.2, 0.25) is 0 Å². The Kier molecular flexibility index (Phi) is 5.01. The normalized spacial score (nSPS) is 13.3. The molecule has 0 aliphatic carbocycles. The fourth-order valence-electron chi connectivity index (χ4n) is 2.61. The zero-order valence-electron chi connectivity index (χ0n) is 13.7. The van der Waals surface area contributed by atoms with Gasteiger partial charge in [0.15, 0.2) is 0 Å². The van der Waals surface area contributed by atoms with Gasteiger partial charge in [-0.05, 0) is 45.4 Å². The standard InChI is InChI=1S/C17H19F3N2O2/c1-11(2)21-8-4-6-13(15(21)23)10-12(3)22-9-5-7-14(16(22)24)17(18,19)20/h4-9,11-12H,10H2,1-3H3. The molecule has 0 fully saturated rings. The molecule has 130 valence electrons. The Morgan fingerprint density at radius 2 is 1.54 bits per heavy atom. The number of alkyl halides is 3. The summed E-state index contributed by atoms with van der Waals surface area (Å²) in [5.74, 6) is 0. The molecule has 0 aliphatic heterocycles. The quantitative estimate of drug-likeness (QED) is 0.856. The van der Waals surface area contributed by atoms with Crippen molar-refractivity contribution in [2.24, 2.45) is 0 Å². The second-order valence-electron chi connectivity index (χ2n) is 6.02. The molecule has 2 heterocycles. The van der Waals surface area contributed by atoms with Crippen LogP contribution in [-0.4, -0.2) is 9.13 Å². The van der Waals surface area contributed by atoms with Crippen molar-refractivity contribution in [2.45, 2.75) is 45.5 Å². The molecule has 0 spiro atoms. The SMILES string of the molecule is CC(C)n1cccc(CC(C)n2cccc(C(F)(F)F)c2=O)c1=O. The van der Waals surface area contributed by atoms with E-state index in [0.29, 0.717) is 5.56 Å². The van der Waals surface area contributed by atoms with Gasteiger partial charge in [-0.15, -0.1) is 0 Å². The lowest BCUT2D eigenvalue weighted by molar-refractivity contribution is -0.139.